The lowest BCUT2D eigenvalue weighted by Gasteiger charge is -2.10. The number of alkyl halides is 3. The minimum atomic E-state index is -4.50. The van der Waals surface area contributed by atoms with Gasteiger partial charge >= 0.3 is 6.18 Å². The van der Waals surface area contributed by atoms with Gasteiger partial charge in [-0.2, -0.15) is 18.3 Å². The molecule has 3 rings (SSSR count). The molecule has 6 nitrogen and oxygen atoms in total. The van der Waals surface area contributed by atoms with Crippen LogP contribution in [0, 0.1) is 11.6 Å². The Morgan fingerprint density at radius 2 is 1.97 bits per heavy atom. The number of amides is 1. The summed E-state index contributed by atoms with van der Waals surface area (Å²) >= 11 is 0. The number of benzene rings is 1. The van der Waals surface area contributed by atoms with Crippen LogP contribution in [0.4, 0.5) is 22.0 Å². The van der Waals surface area contributed by atoms with Gasteiger partial charge in [-0.05, 0) is 23.8 Å². The van der Waals surface area contributed by atoms with Crippen molar-refractivity contribution in [2.24, 2.45) is 7.05 Å². The van der Waals surface area contributed by atoms with Crippen molar-refractivity contribution >= 4 is 5.91 Å². The number of hydrogen-bond donors (Lipinski definition) is 1. The number of halogens is 5. The first-order chi connectivity index (χ1) is 14.1. The van der Waals surface area contributed by atoms with Crippen LogP contribution in [0.15, 0.2) is 42.7 Å². The molecular weight excluding hydrogens is 411 g/mol. The first-order valence-corrected chi connectivity index (χ1v) is 8.54. The van der Waals surface area contributed by atoms with E-state index in [9.17, 15) is 26.7 Å². The van der Waals surface area contributed by atoms with Crippen LogP contribution >= 0.6 is 0 Å². The third kappa shape index (κ3) is 5.31. The van der Waals surface area contributed by atoms with Crippen LogP contribution in [0.3, 0.4) is 0 Å². The van der Waals surface area contributed by atoms with Crippen molar-refractivity contribution in [2.45, 2.75) is 12.7 Å². The van der Waals surface area contributed by atoms with Gasteiger partial charge in [-0.25, -0.2) is 13.8 Å². The number of nitrogens with zero attached hydrogens (tertiary/aromatic N) is 3. The van der Waals surface area contributed by atoms with Crippen molar-refractivity contribution in [3.05, 3.63) is 65.5 Å². The second-order valence-electron chi connectivity index (χ2n) is 6.28. The van der Waals surface area contributed by atoms with E-state index in [0.29, 0.717) is 11.6 Å². The molecule has 3 aromatic rings. The normalized spacial score (nSPS) is 11.4. The van der Waals surface area contributed by atoms with Crippen molar-refractivity contribution in [1.29, 1.82) is 0 Å². The monoisotopic (exact) mass is 426 g/mol. The molecule has 0 fully saturated rings. The van der Waals surface area contributed by atoms with Crippen molar-refractivity contribution in [1.82, 2.24) is 20.1 Å². The average molecular weight is 426 g/mol. The number of rotatable bonds is 6. The molecule has 2 heterocycles. The number of nitrogens with one attached hydrogen (secondary N) is 1. The molecule has 30 heavy (non-hydrogen) atoms. The fourth-order valence-corrected chi connectivity index (χ4v) is 2.61. The van der Waals surface area contributed by atoms with E-state index in [1.807, 2.05) is 0 Å². The Morgan fingerprint density at radius 1 is 1.20 bits per heavy atom. The lowest BCUT2D eigenvalue weighted by atomic mass is 10.1. The second-order valence-corrected chi connectivity index (χ2v) is 6.28. The molecule has 0 saturated carbocycles. The van der Waals surface area contributed by atoms with E-state index in [2.05, 4.69) is 20.1 Å². The maximum atomic E-state index is 14.1. The average Bonchev–Trinajstić information content (AvgIpc) is 3.06. The highest BCUT2D eigenvalue weighted by Crippen LogP contribution is 2.25. The minimum Gasteiger partial charge on any atom is -0.468 e. The second kappa shape index (κ2) is 8.47. The SMILES string of the molecule is Cn1cc(C(=O)NCc2ccnc(OCC(F)(F)F)c2)c(-c2ccc(F)cc2F)n1. The molecule has 0 saturated heterocycles. The Balaban J connectivity index is 1.73. The summed E-state index contributed by atoms with van der Waals surface area (Å²) < 4.78 is 69.9. The standard InChI is InChI=1S/C19H15F5N4O2/c1-28-9-14(17(27-28)13-3-2-12(20)7-15(13)21)18(29)26-8-11-4-5-25-16(6-11)30-10-19(22,23)24/h2-7,9H,8,10H2,1H3,(H,26,29). The Bertz CT molecular complexity index is 1070. The lowest BCUT2D eigenvalue weighted by molar-refractivity contribution is -0.154. The smallest absolute Gasteiger partial charge is 0.422 e. The first kappa shape index (κ1) is 21.2. The van der Waals surface area contributed by atoms with Gasteiger partial charge in [0.25, 0.3) is 5.91 Å². The van der Waals surface area contributed by atoms with Crippen molar-refractivity contribution in [2.75, 3.05) is 6.61 Å². The molecule has 1 N–H and O–H groups in total. The number of hydrogen-bond acceptors (Lipinski definition) is 4. The van der Waals surface area contributed by atoms with Gasteiger partial charge < -0.3 is 10.1 Å². The Morgan fingerprint density at radius 3 is 2.67 bits per heavy atom. The van der Waals surface area contributed by atoms with E-state index in [1.165, 1.54) is 42.3 Å². The highest BCUT2D eigenvalue weighted by molar-refractivity contribution is 5.99. The highest BCUT2D eigenvalue weighted by Gasteiger charge is 2.28. The predicted octanol–water partition coefficient (Wildman–Crippen LogP) is 3.63. The molecule has 0 aliphatic heterocycles. The zero-order valence-electron chi connectivity index (χ0n) is 15.5. The molecule has 11 heteroatoms. The zero-order chi connectivity index (χ0) is 21.9. The Labute approximate surface area is 167 Å². The fourth-order valence-electron chi connectivity index (χ4n) is 2.61. The van der Waals surface area contributed by atoms with Gasteiger partial charge in [-0.1, -0.05) is 0 Å². The van der Waals surface area contributed by atoms with E-state index in [-0.39, 0.29) is 29.2 Å². The molecule has 0 radical (unpaired) electrons. The van der Waals surface area contributed by atoms with E-state index in [4.69, 9.17) is 0 Å². The maximum absolute atomic E-state index is 14.1. The molecule has 0 spiro atoms. The molecule has 0 unspecified atom stereocenters. The van der Waals surface area contributed by atoms with E-state index >= 15 is 0 Å². The van der Waals surface area contributed by atoms with Gasteiger partial charge in [0, 0.05) is 43.7 Å². The number of aryl methyl sites for hydroxylation is 1. The fraction of sp³-hybridized carbons (Fsp3) is 0.211. The van der Waals surface area contributed by atoms with Crippen LogP contribution in [-0.2, 0) is 13.6 Å². The molecule has 158 valence electrons. The molecule has 0 bridgehead atoms. The molecule has 1 amide bonds. The summed E-state index contributed by atoms with van der Waals surface area (Å²) in [6, 6.07) is 5.66. The number of ether oxygens (including phenoxy) is 1. The summed E-state index contributed by atoms with van der Waals surface area (Å²) in [6.45, 7) is -1.54. The third-order valence-corrected chi connectivity index (χ3v) is 3.90. The molecule has 1 aromatic carbocycles. The summed E-state index contributed by atoms with van der Waals surface area (Å²) in [5, 5.41) is 6.64. The van der Waals surface area contributed by atoms with Crippen LogP contribution in [0.25, 0.3) is 11.3 Å². The van der Waals surface area contributed by atoms with Crippen molar-refractivity contribution in [3.8, 4) is 17.1 Å². The van der Waals surface area contributed by atoms with Crippen LogP contribution in [0.2, 0.25) is 0 Å². The van der Waals surface area contributed by atoms with Crippen molar-refractivity contribution < 1.29 is 31.5 Å². The van der Waals surface area contributed by atoms with Crippen LogP contribution in [0.1, 0.15) is 15.9 Å². The first-order valence-electron chi connectivity index (χ1n) is 8.54. The quantitative estimate of drug-likeness (QED) is 0.612. The minimum absolute atomic E-state index is 0.0245. The van der Waals surface area contributed by atoms with Gasteiger partial charge in [0.1, 0.15) is 17.3 Å². The topological polar surface area (TPSA) is 69.0 Å². The summed E-state index contributed by atoms with van der Waals surface area (Å²) in [6.07, 6.45) is -1.88. The number of pyridine rings is 1. The Kier molecular flexibility index (Phi) is 5.99. The number of carbonyl (C=O) groups excluding carboxylic acids is 1. The molecule has 0 aliphatic carbocycles. The van der Waals surface area contributed by atoms with E-state index in [1.54, 1.807) is 0 Å². The van der Waals surface area contributed by atoms with E-state index in [0.717, 1.165) is 6.07 Å². The predicted molar refractivity (Wildman–Crippen MR) is 95.5 cm³/mol. The van der Waals surface area contributed by atoms with Crippen LogP contribution in [-0.4, -0.2) is 33.5 Å². The molecular formula is C19H15F5N4O2. The largest absolute Gasteiger partial charge is 0.468 e. The molecule has 2 aromatic heterocycles. The maximum Gasteiger partial charge on any atom is 0.422 e. The van der Waals surface area contributed by atoms with E-state index < -0.39 is 30.3 Å². The number of aromatic nitrogens is 3. The van der Waals surface area contributed by atoms with Gasteiger partial charge in [-0.3, -0.25) is 9.48 Å². The third-order valence-electron chi connectivity index (χ3n) is 3.90. The molecule has 0 atom stereocenters. The summed E-state index contributed by atoms with van der Waals surface area (Å²) in [5.41, 5.74) is 0.463. The van der Waals surface area contributed by atoms with Gasteiger partial charge in [0.2, 0.25) is 5.88 Å². The van der Waals surface area contributed by atoms with Crippen molar-refractivity contribution in [3.63, 3.8) is 0 Å². The number of carbonyl (C=O) groups is 1. The van der Waals surface area contributed by atoms with Gasteiger partial charge in [-0.15, -0.1) is 0 Å². The van der Waals surface area contributed by atoms with Crippen LogP contribution < -0.4 is 10.1 Å². The summed E-state index contributed by atoms with van der Waals surface area (Å²) in [5.74, 6) is -2.48. The Hall–Kier alpha value is -3.50. The molecule has 0 aliphatic rings. The summed E-state index contributed by atoms with van der Waals surface area (Å²) in [4.78, 5) is 16.3. The van der Waals surface area contributed by atoms with Gasteiger partial charge in [0.15, 0.2) is 6.61 Å². The summed E-state index contributed by atoms with van der Waals surface area (Å²) in [7, 11) is 1.54. The zero-order valence-corrected chi connectivity index (χ0v) is 15.5. The highest BCUT2D eigenvalue weighted by atomic mass is 19.4. The lowest BCUT2D eigenvalue weighted by Crippen LogP contribution is -2.23. The van der Waals surface area contributed by atoms with Gasteiger partial charge in [0.05, 0.1) is 5.56 Å². The van der Waals surface area contributed by atoms with Crippen LogP contribution in [0.5, 0.6) is 5.88 Å².